The van der Waals surface area contributed by atoms with Crippen molar-refractivity contribution in [1.29, 1.82) is 0 Å². The third kappa shape index (κ3) is 2.17. The Morgan fingerprint density at radius 3 is 2.70 bits per heavy atom. The molecule has 0 spiro atoms. The zero-order valence-electron chi connectivity index (χ0n) is 6.68. The van der Waals surface area contributed by atoms with Crippen LogP contribution < -0.4 is 5.73 Å². The predicted molar refractivity (Wildman–Crippen MR) is 48.3 cm³/mol. The zero-order chi connectivity index (χ0) is 7.40. The van der Waals surface area contributed by atoms with Gasteiger partial charge in [-0.2, -0.15) is 11.8 Å². The van der Waals surface area contributed by atoms with Crippen molar-refractivity contribution in [3.05, 3.63) is 0 Å². The molecule has 1 aliphatic carbocycles. The molecule has 2 unspecified atom stereocenters. The molecule has 0 aromatic carbocycles. The van der Waals surface area contributed by atoms with Crippen molar-refractivity contribution < 1.29 is 0 Å². The lowest BCUT2D eigenvalue weighted by atomic mass is 9.77. The molecular weight excluding hydrogens is 142 g/mol. The minimum atomic E-state index is 0.543. The molecule has 1 rings (SSSR count). The second-order valence-corrected chi connectivity index (χ2v) is 4.12. The molecule has 0 saturated heterocycles. The fourth-order valence-electron chi connectivity index (χ4n) is 1.44. The molecule has 1 aliphatic rings. The van der Waals surface area contributed by atoms with Crippen LogP contribution in [0.1, 0.15) is 25.7 Å². The van der Waals surface area contributed by atoms with Crippen molar-refractivity contribution in [3.63, 3.8) is 0 Å². The van der Waals surface area contributed by atoms with E-state index in [9.17, 15) is 0 Å². The van der Waals surface area contributed by atoms with E-state index in [0.717, 1.165) is 5.92 Å². The van der Waals surface area contributed by atoms with E-state index in [1.807, 2.05) is 11.8 Å². The average Bonchev–Trinajstić information content (AvgIpc) is 1.95. The van der Waals surface area contributed by atoms with Gasteiger partial charge in [-0.3, -0.25) is 0 Å². The molecule has 0 radical (unpaired) electrons. The molecule has 0 bridgehead atoms. The van der Waals surface area contributed by atoms with Gasteiger partial charge in [-0.05, 0) is 43.6 Å². The molecule has 0 aromatic rings. The molecule has 0 amide bonds. The fraction of sp³-hybridized carbons (Fsp3) is 1.00. The number of rotatable bonds is 4. The van der Waals surface area contributed by atoms with Gasteiger partial charge in [-0.1, -0.05) is 0 Å². The topological polar surface area (TPSA) is 26.0 Å². The zero-order valence-corrected chi connectivity index (χ0v) is 7.49. The van der Waals surface area contributed by atoms with E-state index in [-0.39, 0.29) is 0 Å². The van der Waals surface area contributed by atoms with Gasteiger partial charge in [0.05, 0.1) is 0 Å². The van der Waals surface area contributed by atoms with Crippen molar-refractivity contribution >= 4 is 11.8 Å². The average molecular weight is 159 g/mol. The second kappa shape index (κ2) is 4.24. The summed E-state index contributed by atoms with van der Waals surface area (Å²) in [4.78, 5) is 0. The molecule has 1 fully saturated rings. The first-order chi connectivity index (χ1) is 4.84. The molecule has 1 nitrogen and oxygen atoms in total. The summed E-state index contributed by atoms with van der Waals surface area (Å²) in [6, 6.07) is 0.543. The molecule has 2 N–H and O–H groups in total. The van der Waals surface area contributed by atoms with E-state index in [4.69, 9.17) is 5.73 Å². The van der Waals surface area contributed by atoms with Crippen LogP contribution in [0.25, 0.3) is 0 Å². The van der Waals surface area contributed by atoms with Gasteiger partial charge >= 0.3 is 0 Å². The maximum atomic E-state index is 5.80. The summed E-state index contributed by atoms with van der Waals surface area (Å²) in [5.74, 6) is 2.18. The molecule has 10 heavy (non-hydrogen) atoms. The van der Waals surface area contributed by atoms with Crippen LogP contribution in [-0.2, 0) is 0 Å². The standard InChI is InChI=1S/C8H17NS/c1-10-6-2-3-7-4-5-8(7)9/h7-8H,2-6,9H2,1H3. The highest BCUT2D eigenvalue weighted by Crippen LogP contribution is 2.29. The van der Waals surface area contributed by atoms with E-state index in [1.165, 1.54) is 31.4 Å². The summed E-state index contributed by atoms with van der Waals surface area (Å²) in [6.07, 6.45) is 7.54. The summed E-state index contributed by atoms with van der Waals surface area (Å²) >= 11 is 1.94. The van der Waals surface area contributed by atoms with E-state index in [2.05, 4.69) is 6.26 Å². The van der Waals surface area contributed by atoms with Crippen LogP contribution in [0.5, 0.6) is 0 Å². The van der Waals surface area contributed by atoms with Gasteiger partial charge in [0.1, 0.15) is 0 Å². The smallest absolute Gasteiger partial charge is 0.00672 e. The van der Waals surface area contributed by atoms with Crippen molar-refractivity contribution in [2.75, 3.05) is 12.0 Å². The molecule has 60 valence electrons. The van der Waals surface area contributed by atoms with Gasteiger partial charge in [0.25, 0.3) is 0 Å². The molecule has 2 heteroatoms. The fourth-order valence-corrected chi connectivity index (χ4v) is 1.90. The van der Waals surface area contributed by atoms with Crippen LogP contribution in [0.3, 0.4) is 0 Å². The van der Waals surface area contributed by atoms with Crippen LogP contribution in [-0.4, -0.2) is 18.1 Å². The second-order valence-electron chi connectivity index (χ2n) is 3.14. The highest BCUT2D eigenvalue weighted by atomic mass is 32.2. The predicted octanol–water partition coefficient (Wildman–Crippen LogP) is 1.87. The number of thioether (sulfide) groups is 1. The minimum absolute atomic E-state index is 0.543. The van der Waals surface area contributed by atoms with Crippen molar-refractivity contribution in [3.8, 4) is 0 Å². The highest BCUT2D eigenvalue weighted by Gasteiger charge is 2.25. The Hall–Kier alpha value is 0.310. The van der Waals surface area contributed by atoms with E-state index in [1.54, 1.807) is 0 Å². The normalized spacial score (nSPS) is 31.8. The quantitative estimate of drug-likeness (QED) is 0.634. The van der Waals surface area contributed by atoms with Crippen molar-refractivity contribution in [2.24, 2.45) is 11.7 Å². The van der Waals surface area contributed by atoms with Crippen LogP contribution in [0, 0.1) is 5.92 Å². The lowest BCUT2D eigenvalue weighted by molar-refractivity contribution is 0.240. The first-order valence-corrected chi connectivity index (χ1v) is 5.48. The van der Waals surface area contributed by atoms with Gasteiger partial charge < -0.3 is 5.73 Å². The van der Waals surface area contributed by atoms with E-state index in [0.29, 0.717) is 6.04 Å². The SMILES string of the molecule is CSCCCC1CCC1N. The lowest BCUT2D eigenvalue weighted by Gasteiger charge is -2.33. The van der Waals surface area contributed by atoms with Crippen molar-refractivity contribution in [1.82, 2.24) is 0 Å². The Morgan fingerprint density at radius 1 is 1.50 bits per heavy atom. The van der Waals surface area contributed by atoms with E-state index >= 15 is 0 Å². The highest BCUT2D eigenvalue weighted by molar-refractivity contribution is 7.98. The molecule has 1 saturated carbocycles. The lowest BCUT2D eigenvalue weighted by Crippen LogP contribution is -2.39. The largest absolute Gasteiger partial charge is 0.327 e. The number of nitrogens with two attached hydrogens (primary N) is 1. The van der Waals surface area contributed by atoms with E-state index < -0.39 is 0 Å². The molecule has 0 aromatic heterocycles. The maximum absolute atomic E-state index is 5.80. The number of hydrogen-bond acceptors (Lipinski definition) is 2. The Morgan fingerprint density at radius 2 is 2.30 bits per heavy atom. The summed E-state index contributed by atoms with van der Waals surface area (Å²) in [5, 5.41) is 0. The van der Waals surface area contributed by atoms with Crippen LogP contribution in [0.4, 0.5) is 0 Å². The Labute approximate surface area is 67.8 Å². The van der Waals surface area contributed by atoms with Crippen LogP contribution in [0.2, 0.25) is 0 Å². The van der Waals surface area contributed by atoms with Gasteiger partial charge in [0.15, 0.2) is 0 Å². The van der Waals surface area contributed by atoms with Crippen molar-refractivity contribution in [2.45, 2.75) is 31.7 Å². The third-order valence-electron chi connectivity index (χ3n) is 2.40. The van der Waals surface area contributed by atoms with Gasteiger partial charge in [0.2, 0.25) is 0 Å². The first kappa shape index (κ1) is 8.41. The molecule has 2 atom stereocenters. The molecular formula is C8H17NS. The van der Waals surface area contributed by atoms with Crippen LogP contribution in [0.15, 0.2) is 0 Å². The monoisotopic (exact) mass is 159 g/mol. The summed E-state index contributed by atoms with van der Waals surface area (Å²) in [6.45, 7) is 0. The Bertz CT molecular complexity index is 95.3. The summed E-state index contributed by atoms with van der Waals surface area (Å²) in [7, 11) is 0. The Balaban J connectivity index is 1.92. The summed E-state index contributed by atoms with van der Waals surface area (Å²) < 4.78 is 0. The molecule has 0 aliphatic heterocycles. The van der Waals surface area contributed by atoms with Gasteiger partial charge in [-0.15, -0.1) is 0 Å². The third-order valence-corrected chi connectivity index (χ3v) is 3.10. The maximum Gasteiger partial charge on any atom is 0.00672 e. The Kier molecular flexibility index (Phi) is 3.57. The molecule has 0 heterocycles. The minimum Gasteiger partial charge on any atom is -0.327 e. The number of hydrogen-bond donors (Lipinski definition) is 1. The summed E-state index contributed by atoms with van der Waals surface area (Å²) in [5.41, 5.74) is 5.80. The van der Waals surface area contributed by atoms with Gasteiger partial charge in [0, 0.05) is 6.04 Å². The van der Waals surface area contributed by atoms with Crippen LogP contribution >= 0.6 is 11.8 Å². The van der Waals surface area contributed by atoms with Gasteiger partial charge in [-0.25, -0.2) is 0 Å². The first-order valence-electron chi connectivity index (χ1n) is 4.09.